The highest BCUT2D eigenvalue weighted by molar-refractivity contribution is 5.83. The van der Waals surface area contributed by atoms with E-state index in [9.17, 15) is 14.4 Å². The topological polar surface area (TPSA) is 78.9 Å². The molecule has 6 heteroatoms. The molecule has 0 amide bonds. The largest absolute Gasteiger partial charge is 0.469 e. The fourth-order valence-corrected chi connectivity index (χ4v) is 12.4. The van der Waals surface area contributed by atoms with E-state index in [-0.39, 0.29) is 57.5 Å². The van der Waals surface area contributed by atoms with Crippen LogP contribution in [0.4, 0.5) is 0 Å². The molecular formula is C35H54O6. The zero-order valence-electron chi connectivity index (χ0n) is 27.1. The monoisotopic (exact) mass is 570 g/mol. The van der Waals surface area contributed by atoms with E-state index >= 15 is 0 Å². The molecular weight excluding hydrogens is 516 g/mol. The summed E-state index contributed by atoms with van der Waals surface area (Å²) in [6.07, 6.45) is 11.9. The first-order chi connectivity index (χ1) is 19.1. The number of hydrogen-bond acceptors (Lipinski definition) is 6. The maximum atomic E-state index is 13.6. The summed E-state index contributed by atoms with van der Waals surface area (Å²) in [7, 11) is 2.97. The van der Waals surface area contributed by atoms with Gasteiger partial charge in [-0.2, -0.15) is 0 Å². The molecule has 0 heterocycles. The van der Waals surface area contributed by atoms with Crippen LogP contribution in [0.3, 0.4) is 0 Å². The van der Waals surface area contributed by atoms with Crippen molar-refractivity contribution in [2.75, 3.05) is 14.2 Å². The van der Waals surface area contributed by atoms with Crippen molar-refractivity contribution >= 4 is 17.9 Å². The van der Waals surface area contributed by atoms with Gasteiger partial charge in [-0.3, -0.25) is 9.59 Å². The Morgan fingerprint density at radius 3 is 2.07 bits per heavy atom. The van der Waals surface area contributed by atoms with Gasteiger partial charge in [0.15, 0.2) is 0 Å². The Morgan fingerprint density at radius 2 is 1.44 bits per heavy atom. The van der Waals surface area contributed by atoms with E-state index in [1.807, 2.05) is 0 Å². The van der Waals surface area contributed by atoms with Crippen molar-refractivity contribution in [3.05, 3.63) is 11.6 Å². The molecule has 0 aliphatic heterocycles. The molecule has 5 fully saturated rings. The fourth-order valence-electron chi connectivity index (χ4n) is 12.4. The van der Waals surface area contributed by atoms with Gasteiger partial charge in [-0.25, -0.2) is 4.79 Å². The van der Waals surface area contributed by atoms with Crippen LogP contribution in [0.2, 0.25) is 0 Å². The molecule has 0 aromatic heterocycles. The Labute approximate surface area is 247 Å². The first-order valence-corrected chi connectivity index (χ1v) is 16.1. The molecule has 5 aliphatic rings. The summed E-state index contributed by atoms with van der Waals surface area (Å²) < 4.78 is 16.4. The maximum absolute atomic E-state index is 13.6. The lowest BCUT2D eigenvalue weighted by molar-refractivity contribution is -0.250. The van der Waals surface area contributed by atoms with Gasteiger partial charge < -0.3 is 14.2 Å². The molecule has 0 N–H and O–H groups in total. The summed E-state index contributed by atoms with van der Waals surface area (Å²) in [4.78, 5) is 37.9. The Balaban J connectivity index is 1.53. The Bertz CT molecular complexity index is 1120. The molecule has 0 aromatic carbocycles. The van der Waals surface area contributed by atoms with Crippen molar-refractivity contribution in [1.82, 2.24) is 0 Å². The fraction of sp³-hybridized carbons (Fsp3) is 0.857. The maximum Gasteiger partial charge on any atom is 0.330 e. The van der Waals surface area contributed by atoms with Gasteiger partial charge in [-0.15, -0.1) is 0 Å². The van der Waals surface area contributed by atoms with Crippen LogP contribution in [0.15, 0.2) is 11.6 Å². The van der Waals surface area contributed by atoms with Gasteiger partial charge in [0, 0.05) is 18.4 Å². The Kier molecular flexibility index (Phi) is 7.55. The standard InChI is InChI=1S/C35H54O6/c1-21(20-28(37)39-8)23-12-17-35(30(38)40-9)19-18-33(6)24(29(23)35)10-11-26-32(5)15-14-27(41-22(2)36)31(3,4)25(32)13-16-34(26,33)7/h20,23-27,29H,10-19H2,1-9H3. The number of hydrogen-bond donors (Lipinski definition) is 0. The molecule has 6 nitrogen and oxygen atoms in total. The molecule has 5 rings (SSSR count). The molecule has 5 aliphatic carbocycles. The van der Waals surface area contributed by atoms with Crippen LogP contribution in [0, 0.1) is 56.7 Å². The average Bonchev–Trinajstić information content (AvgIpc) is 3.31. The normalized spacial score (nSPS) is 46.7. The number of carbonyl (C=O) groups is 3. The molecule has 230 valence electrons. The van der Waals surface area contributed by atoms with Crippen molar-refractivity contribution in [2.24, 2.45) is 56.7 Å². The number of fused-ring (bicyclic) bond motifs is 7. The van der Waals surface area contributed by atoms with Crippen molar-refractivity contribution in [2.45, 2.75) is 119 Å². The lowest BCUT2D eigenvalue weighted by Gasteiger charge is -2.72. The first kappa shape index (κ1) is 30.6. The van der Waals surface area contributed by atoms with Crippen molar-refractivity contribution < 1.29 is 28.6 Å². The molecule has 0 spiro atoms. The van der Waals surface area contributed by atoms with Crippen LogP contribution >= 0.6 is 0 Å². The summed E-state index contributed by atoms with van der Waals surface area (Å²) >= 11 is 0. The SMILES string of the molecule is COC(=O)C=C(C)C1CCC2(C(=O)OC)CCC3(C)C(CCC4C5(C)CCC(OC(C)=O)C(C)(C)C5CCC43C)C12. The Hall–Kier alpha value is -1.85. The summed E-state index contributed by atoms with van der Waals surface area (Å²) in [5.41, 5.74) is 0.955. The van der Waals surface area contributed by atoms with Gasteiger partial charge in [0.1, 0.15) is 6.10 Å². The van der Waals surface area contributed by atoms with Gasteiger partial charge in [0.05, 0.1) is 19.6 Å². The quantitative estimate of drug-likeness (QED) is 0.201. The summed E-state index contributed by atoms with van der Waals surface area (Å²) in [5.74, 6) is 1.32. The van der Waals surface area contributed by atoms with Gasteiger partial charge >= 0.3 is 17.9 Å². The predicted octanol–water partition coefficient (Wildman–Crippen LogP) is 7.29. The number of methoxy groups -OCH3 is 2. The lowest BCUT2D eigenvalue weighted by atomic mass is 9.32. The highest BCUT2D eigenvalue weighted by Gasteiger charge is 2.72. The third-order valence-electron chi connectivity index (χ3n) is 14.4. The van der Waals surface area contributed by atoms with Crippen LogP contribution in [0.5, 0.6) is 0 Å². The number of ether oxygens (including phenoxy) is 3. The summed E-state index contributed by atoms with van der Waals surface area (Å²) in [5, 5.41) is 0. The highest BCUT2D eigenvalue weighted by atomic mass is 16.5. The van der Waals surface area contributed by atoms with E-state index in [2.05, 4.69) is 41.5 Å². The van der Waals surface area contributed by atoms with Gasteiger partial charge in [-0.1, -0.05) is 40.2 Å². The second-order valence-electron chi connectivity index (χ2n) is 15.9. The van der Waals surface area contributed by atoms with E-state index in [0.29, 0.717) is 17.8 Å². The van der Waals surface area contributed by atoms with Gasteiger partial charge in [0.2, 0.25) is 0 Å². The van der Waals surface area contributed by atoms with Crippen molar-refractivity contribution in [1.29, 1.82) is 0 Å². The minimum absolute atomic E-state index is 0.0199. The predicted molar refractivity (Wildman–Crippen MR) is 157 cm³/mol. The lowest BCUT2D eigenvalue weighted by Crippen LogP contribution is -2.67. The molecule has 0 radical (unpaired) electrons. The molecule has 5 saturated carbocycles. The minimum Gasteiger partial charge on any atom is -0.469 e. The zero-order chi connectivity index (χ0) is 30.2. The van der Waals surface area contributed by atoms with Crippen LogP contribution in [-0.2, 0) is 28.6 Å². The number of allylic oxidation sites excluding steroid dienone is 1. The van der Waals surface area contributed by atoms with Crippen LogP contribution in [0.25, 0.3) is 0 Å². The van der Waals surface area contributed by atoms with E-state index < -0.39 is 5.41 Å². The van der Waals surface area contributed by atoms with Crippen molar-refractivity contribution in [3.63, 3.8) is 0 Å². The molecule has 41 heavy (non-hydrogen) atoms. The Morgan fingerprint density at radius 1 is 0.732 bits per heavy atom. The van der Waals surface area contributed by atoms with Crippen LogP contribution in [-0.4, -0.2) is 38.2 Å². The van der Waals surface area contributed by atoms with Gasteiger partial charge in [-0.05, 0) is 117 Å². The summed E-state index contributed by atoms with van der Waals surface area (Å²) in [6, 6.07) is 0. The number of esters is 3. The number of carbonyl (C=O) groups excluding carboxylic acids is 3. The molecule has 10 atom stereocenters. The van der Waals surface area contributed by atoms with E-state index in [1.54, 1.807) is 20.1 Å². The van der Waals surface area contributed by atoms with E-state index in [1.165, 1.54) is 13.5 Å². The number of rotatable bonds is 4. The van der Waals surface area contributed by atoms with Gasteiger partial charge in [0.25, 0.3) is 0 Å². The van der Waals surface area contributed by atoms with E-state index in [4.69, 9.17) is 14.2 Å². The second-order valence-corrected chi connectivity index (χ2v) is 15.9. The van der Waals surface area contributed by atoms with Crippen LogP contribution in [0.1, 0.15) is 113 Å². The molecule has 0 bridgehead atoms. The third-order valence-corrected chi connectivity index (χ3v) is 14.4. The smallest absolute Gasteiger partial charge is 0.330 e. The summed E-state index contributed by atoms with van der Waals surface area (Å²) in [6.45, 7) is 16.0. The third kappa shape index (κ3) is 4.18. The molecule has 0 aromatic rings. The molecule has 0 saturated heterocycles. The average molecular weight is 571 g/mol. The van der Waals surface area contributed by atoms with Crippen LogP contribution < -0.4 is 0 Å². The second kappa shape index (κ2) is 10.1. The van der Waals surface area contributed by atoms with E-state index in [0.717, 1.165) is 63.4 Å². The molecule has 10 unspecified atom stereocenters. The zero-order valence-corrected chi connectivity index (χ0v) is 27.1. The highest BCUT2D eigenvalue weighted by Crippen LogP contribution is 2.77. The first-order valence-electron chi connectivity index (χ1n) is 16.1. The van der Waals surface area contributed by atoms with Crippen molar-refractivity contribution in [3.8, 4) is 0 Å². The minimum atomic E-state index is -0.469.